The van der Waals surface area contributed by atoms with Crippen LogP contribution in [0.15, 0.2) is 46.9 Å². The molecule has 0 amide bonds. The van der Waals surface area contributed by atoms with Gasteiger partial charge in [0, 0.05) is 21.2 Å². The Labute approximate surface area is 174 Å². The number of ether oxygens (including phenoxy) is 1. The summed E-state index contributed by atoms with van der Waals surface area (Å²) in [6.45, 7) is 0. The van der Waals surface area contributed by atoms with Crippen LogP contribution < -0.4 is 4.74 Å². The lowest BCUT2D eigenvalue weighted by Gasteiger charge is -2.13. The van der Waals surface area contributed by atoms with Gasteiger partial charge >= 0.3 is 0 Å². The summed E-state index contributed by atoms with van der Waals surface area (Å²) >= 11 is 22.7. The molecule has 0 N–H and O–H groups in total. The number of rotatable bonds is 4. The largest absolute Gasteiger partial charge is 0.480 e. The van der Waals surface area contributed by atoms with Crippen molar-refractivity contribution in [3.63, 3.8) is 0 Å². The molecule has 3 rings (SSSR count). The van der Waals surface area contributed by atoms with Gasteiger partial charge in [-0.1, -0.05) is 65.1 Å². The van der Waals surface area contributed by atoms with E-state index >= 15 is 0 Å². The zero-order valence-electron chi connectivity index (χ0n) is 13.4. The van der Waals surface area contributed by atoms with Gasteiger partial charge in [-0.2, -0.15) is 0 Å². The van der Waals surface area contributed by atoms with Crippen molar-refractivity contribution < 1.29 is 9.53 Å². The molecule has 0 unspecified atom stereocenters. The molecular formula is C19H11BrCl3NO2. The monoisotopic (exact) mass is 469 g/mol. The van der Waals surface area contributed by atoms with E-state index in [-0.39, 0.29) is 16.5 Å². The first-order valence-electron chi connectivity index (χ1n) is 7.41. The Hall–Kier alpha value is -1.59. The Morgan fingerprint density at radius 3 is 2.27 bits per heavy atom. The summed E-state index contributed by atoms with van der Waals surface area (Å²) in [5, 5.41) is 1.27. The van der Waals surface area contributed by atoms with Crippen LogP contribution in [0.5, 0.6) is 5.88 Å². The number of hydrogen-bond donors (Lipinski definition) is 0. The minimum atomic E-state index is 0.143. The lowest BCUT2D eigenvalue weighted by atomic mass is 10.0. The van der Waals surface area contributed by atoms with Crippen molar-refractivity contribution in [1.29, 1.82) is 0 Å². The summed E-state index contributed by atoms with van der Waals surface area (Å²) in [5.74, 6) is 0.143. The zero-order chi connectivity index (χ0) is 18.8. The van der Waals surface area contributed by atoms with Gasteiger partial charge in [-0.25, -0.2) is 4.98 Å². The molecule has 1 heterocycles. The van der Waals surface area contributed by atoms with Crippen LogP contribution in [0.1, 0.15) is 10.4 Å². The highest BCUT2D eigenvalue weighted by Crippen LogP contribution is 2.41. The Bertz CT molecular complexity index is 1010. The molecule has 3 nitrogen and oxygen atoms in total. The number of pyridine rings is 1. The van der Waals surface area contributed by atoms with Crippen LogP contribution in [-0.2, 0) is 0 Å². The molecule has 3 aromatic rings. The summed E-state index contributed by atoms with van der Waals surface area (Å²) in [6, 6.07) is 12.7. The smallest absolute Gasteiger partial charge is 0.225 e. The molecule has 0 aliphatic carbocycles. The lowest BCUT2D eigenvalue weighted by Crippen LogP contribution is -1.98. The van der Waals surface area contributed by atoms with Crippen molar-refractivity contribution in [2.45, 2.75) is 0 Å². The highest BCUT2D eigenvalue weighted by Gasteiger charge is 2.17. The molecule has 132 valence electrons. The van der Waals surface area contributed by atoms with Crippen molar-refractivity contribution in [2.75, 3.05) is 7.11 Å². The van der Waals surface area contributed by atoms with Gasteiger partial charge in [0.1, 0.15) is 0 Å². The van der Waals surface area contributed by atoms with Crippen molar-refractivity contribution in [1.82, 2.24) is 4.98 Å². The van der Waals surface area contributed by atoms with E-state index in [9.17, 15) is 4.79 Å². The van der Waals surface area contributed by atoms with Crippen molar-refractivity contribution in [3.8, 4) is 28.3 Å². The van der Waals surface area contributed by atoms with Crippen LogP contribution in [0.3, 0.4) is 0 Å². The predicted molar refractivity (Wildman–Crippen MR) is 110 cm³/mol. The van der Waals surface area contributed by atoms with Crippen LogP contribution >= 0.6 is 50.7 Å². The Morgan fingerprint density at radius 2 is 1.62 bits per heavy atom. The highest BCUT2D eigenvalue weighted by molar-refractivity contribution is 9.10. The van der Waals surface area contributed by atoms with E-state index < -0.39 is 0 Å². The van der Waals surface area contributed by atoms with E-state index in [0.717, 1.165) is 15.6 Å². The maximum absolute atomic E-state index is 11.2. The molecule has 0 radical (unpaired) electrons. The quantitative estimate of drug-likeness (QED) is 0.386. The number of methoxy groups -OCH3 is 1. The number of nitrogens with zero attached hydrogens (tertiary/aromatic N) is 1. The van der Waals surface area contributed by atoms with Gasteiger partial charge in [0.05, 0.1) is 33.4 Å². The van der Waals surface area contributed by atoms with E-state index in [2.05, 4.69) is 20.9 Å². The van der Waals surface area contributed by atoms with E-state index in [1.165, 1.54) is 7.11 Å². The topological polar surface area (TPSA) is 39.2 Å². The summed E-state index contributed by atoms with van der Waals surface area (Å²) in [4.78, 5) is 15.5. The molecule has 2 aromatic carbocycles. The third kappa shape index (κ3) is 3.47. The van der Waals surface area contributed by atoms with Gasteiger partial charge in [0.2, 0.25) is 5.88 Å². The maximum atomic E-state index is 11.2. The Morgan fingerprint density at radius 1 is 1.00 bits per heavy atom. The summed E-state index contributed by atoms with van der Waals surface area (Å²) in [7, 11) is 1.43. The second-order valence-corrected chi connectivity index (χ2v) is 7.32. The van der Waals surface area contributed by atoms with Crippen LogP contribution in [0.4, 0.5) is 0 Å². The summed E-state index contributed by atoms with van der Waals surface area (Å²) < 4.78 is 5.95. The Balaban J connectivity index is 2.21. The fourth-order valence-corrected chi connectivity index (χ4v) is 3.70. The van der Waals surface area contributed by atoms with Gasteiger partial charge in [-0.15, -0.1) is 0 Å². The van der Waals surface area contributed by atoms with Gasteiger partial charge in [0.25, 0.3) is 0 Å². The normalized spacial score (nSPS) is 10.7. The first kappa shape index (κ1) is 19.2. The molecule has 7 heteroatoms. The standard InChI is InChI=1S/C19H11BrCl3NO2/c1-26-19-13(9-25)15(21)8-16(24-19)12-6-2-4-10(17(12)22)11-5-3-7-14(20)18(11)23/h2-9H,1H3. The molecule has 0 spiro atoms. The molecule has 0 fully saturated rings. The third-order valence-corrected chi connectivity index (χ3v) is 5.82. The molecule has 26 heavy (non-hydrogen) atoms. The van der Waals surface area contributed by atoms with Gasteiger partial charge < -0.3 is 4.74 Å². The van der Waals surface area contributed by atoms with Crippen LogP contribution in [0.2, 0.25) is 15.1 Å². The molecule has 0 aliphatic heterocycles. The molecular weight excluding hydrogens is 460 g/mol. The zero-order valence-corrected chi connectivity index (χ0v) is 17.2. The van der Waals surface area contributed by atoms with E-state index in [1.54, 1.807) is 6.07 Å². The van der Waals surface area contributed by atoms with Gasteiger partial charge in [0.15, 0.2) is 6.29 Å². The minimum Gasteiger partial charge on any atom is -0.480 e. The van der Waals surface area contributed by atoms with Crippen molar-refractivity contribution in [3.05, 3.63) is 67.6 Å². The number of hydrogen-bond acceptors (Lipinski definition) is 3. The summed E-state index contributed by atoms with van der Waals surface area (Å²) in [5.41, 5.74) is 2.88. The molecule has 0 saturated heterocycles. The van der Waals surface area contributed by atoms with Crippen LogP contribution in [-0.4, -0.2) is 18.4 Å². The first-order valence-corrected chi connectivity index (χ1v) is 9.33. The maximum Gasteiger partial charge on any atom is 0.225 e. The first-order chi connectivity index (χ1) is 12.5. The molecule has 0 saturated carbocycles. The van der Waals surface area contributed by atoms with Crippen molar-refractivity contribution in [2.24, 2.45) is 0 Å². The summed E-state index contributed by atoms with van der Waals surface area (Å²) in [6.07, 6.45) is 0.608. The fraction of sp³-hybridized carbons (Fsp3) is 0.0526. The van der Waals surface area contributed by atoms with Gasteiger partial charge in [-0.3, -0.25) is 4.79 Å². The van der Waals surface area contributed by atoms with Crippen LogP contribution in [0, 0.1) is 0 Å². The second kappa shape index (κ2) is 7.97. The predicted octanol–water partition coefficient (Wildman–Crippen LogP) is 6.96. The van der Waals surface area contributed by atoms with Crippen LogP contribution in [0.25, 0.3) is 22.4 Å². The molecule has 0 aliphatic rings. The number of benzene rings is 2. The number of aldehydes is 1. The molecule has 1 aromatic heterocycles. The van der Waals surface area contributed by atoms with Gasteiger partial charge in [-0.05, 0) is 28.1 Å². The Kier molecular flexibility index (Phi) is 5.88. The minimum absolute atomic E-state index is 0.143. The number of carbonyl (C=O) groups excluding carboxylic acids is 1. The van der Waals surface area contributed by atoms with Crippen molar-refractivity contribution >= 4 is 57.0 Å². The third-order valence-electron chi connectivity index (χ3n) is 3.80. The second-order valence-electron chi connectivity index (χ2n) is 5.30. The number of aromatic nitrogens is 1. The highest BCUT2D eigenvalue weighted by atomic mass is 79.9. The average Bonchev–Trinajstić information content (AvgIpc) is 2.63. The number of halogens is 4. The number of carbonyl (C=O) groups is 1. The van der Waals surface area contributed by atoms with E-state index in [1.807, 2.05) is 36.4 Å². The average molecular weight is 472 g/mol. The van der Waals surface area contributed by atoms with E-state index in [4.69, 9.17) is 39.5 Å². The molecule has 0 atom stereocenters. The fourth-order valence-electron chi connectivity index (χ4n) is 2.55. The lowest BCUT2D eigenvalue weighted by molar-refractivity contribution is 0.112. The van der Waals surface area contributed by atoms with E-state index in [0.29, 0.717) is 27.6 Å². The SMILES string of the molecule is COc1nc(-c2cccc(-c3cccc(Br)c3Cl)c2Cl)cc(Cl)c1C=O. The molecule has 0 bridgehead atoms.